The molecule has 0 unspecified atom stereocenters. The second kappa shape index (κ2) is 3.97. The van der Waals surface area contributed by atoms with Gasteiger partial charge in [0, 0.05) is 29.9 Å². The van der Waals surface area contributed by atoms with E-state index in [9.17, 15) is 4.79 Å². The number of fused-ring (bicyclic) bond motifs is 1. The zero-order valence-electron chi connectivity index (χ0n) is 12.7. The minimum Gasteiger partial charge on any atom is -0.348 e. The molecule has 1 saturated carbocycles. The molecule has 2 nitrogen and oxygen atoms in total. The van der Waals surface area contributed by atoms with Crippen LogP contribution in [0.15, 0.2) is 6.07 Å². The van der Waals surface area contributed by atoms with Crippen LogP contribution in [-0.2, 0) is 13.0 Å². The number of carbonyl (C=O) groups excluding carboxylic acids is 1. The molecular weight excluding hydrogens is 234 g/mol. The van der Waals surface area contributed by atoms with Gasteiger partial charge in [0.2, 0.25) is 0 Å². The van der Waals surface area contributed by atoms with Crippen molar-refractivity contribution >= 4 is 5.78 Å². The minimum atomic E-state index is 0.118. The summed E-state index contributed by atoms with van der Waals surface area (Å²) in [5.41, 5.74) is 4.14. The quantitative estimate of drug-likeness (QED) is 0.782. The van der Waals surface area contributed by atoms with E-state index in [4.69, 9.17) is 0 Å². The van der Waals surface area contributed by atoms with Gasteiger partial charge < -0.3 is 4.57 Å². The molecule has 1 aromatic heterocycles. The summed E-state index contributed by atoms with van der Waals surface area (Å²) >= 11 is 0. The van der Waals surface area contributed by atoms with Gasteiger partial charge >= 0.3 is 0 Å². The van der Waals surface area contributed by atoms with E-state index >= 15 is 0 Å². The molecule has 2 heteroatoms. The lowest BCUT2D eigenvalue weighted by atomic mass is 9.70. The Balaban J connectivity index is 1.99. The summed E-state index contributed by atoms with van der Waals surface area (Å²) in [6, 6.07) is 2.12. The maximum atomic E-state index is 12.3. The third-order valence-electron chi connectivity index (χ3n) is 5.10. The lowest BCUT2D eigenvalue weighted by molar-refractivity contribution is 0.0903. The third-order valence-corrected chi connectivity index (χ3v) is 5.10. The van der Waals surface area contributed by atoms with E-state index < -0.39 is 0 Å². The Morgan fingerprint density at radius 1 is 1.21 bits per heavy atom. The molecule has 2 aliphatic carbocycles. The standard InChI is InChI=1S/C17H25NO/c1-12-8-13-14(9-16(2,3)10-15(13)19)18(12)11-17(4)6-5-7-17/h8H,5-7,9-11H2,1-4H3. The molecule has 2 aliphatic rings. The molecule has 0 amide bonds. The molecule has 0 N–H and O–H groups in total. The molecule has 104 valence electrons. The number of aryl methyl sites for hydroxylation is 1. The van der Waals surface area contributed by atoms with E-state index in [0.29, 0.717) is 17.6 Å². The number of ketones is 1. The average Bonchev–Trinajstić information content (AvgIpc) is 2.53. The van der Waals surface area contributed by atoms with Gasteiger partial charge in [-0.25, -0.2) is 0 Å². The van der Waals surface area contributed by atoms with Crippen molar-refractivity contribution in [2.45, 2.75) is 66.3 Å². The molecule has 0 spiro atoms. The summed E-state index contributed by atoms with van der Waals surface area (Å²) in [7, 11) is 0. The average molecular weight is 259 g/mol. The monoisotopic (exact) mass is 259 g/mol. The molecular formula is C17H25NO. The van der Waals surface area contributed by atoms with E-state index in [1.165, 1.54) is 30.7 Å². The highest BCUT2D eigenvalue weighted by atomic mass is 16.1. The van der Waals surface area contributed by atoms with Crippen LogP contribution < -0.4 is 0 Å². The van der Waals surface area contributed by atoms with Crippen molar-refractivity contribution in [2.24, 2.45) is 10.8 Å². The van der Waals surface area contributed by atoms with E-state index in [0.717, 1.165) is 18.5 Å². The first-order valence-corrected chi connectivity index (χ1v) is 7.52. The number of hydrogen-bond donors (Lipinski definition) is 0. The number of aromatic nitrogens is 1. The van der Waals surface area contributed by atoms with Crippen molar-refractivity contribution in [2.75, 3.05) is 0 Å². The summed E-state index contributed by atoms with van der Waals surface area (Å²) in [6.07, 6.45) is 5.76. The predicted molar refractivity (Wildman–Crippen MR) is 77.6 cm³/mol. The van der Waals surface area contributed by atoms with Crippen LogP contribution in [0.5, 0.6) is 0 Å². The Kier molecular flexibility index (Phi) is 2.71. The Hall–Kier alpha value is -1.05. The number of hydrogen-bond acceptors (Lipinski definition) is 1. The van der Waals surface area contributed by atoms with Gasteiger partial charge in [-0.2, -0.15) is 0 Å². The molecule has 0 bridgehead atoms. The lowest BCUT2D eigenvalue weighted by Crippen LogP contribution is -2.34. The second-order valence-electron chi connectivity index (χ2n) is 7.84. The molecule has 1 heterocycles. The maximum Gasteiger partial charge on any atom is 0.165 e. The van der Waals surface area contributed by atoms with Crippen molar-refractivity contribution in [1.29, 1.82) is 0 Å². The predicted octanol–water partition coefficient (Wildman–Crippen LogP) is 4.14. The fourth-order valence-electron chi connectivity index (χ4n) is 3.75. The molecule has 0 atom stereocenters. The number of nitrogens with zero attached hydrogens (tertiary/aromatic N) is 1. The number of Topliss-reactive ketones (excluding diaryl/α,β-unsaturated/α-hetero) is 1. The Morgan fingerprint density at radius 2 is 1.89 bits per heavy atom. The van der Waals surface area contributed by atoms with Gasteiger partial charge in [0.25, 0.3) is 0 Å². The van der Waals surface area contributed by atoms with Gasteiger partial charge in [0.05, 0.1) is 0 Å². The van der Waals surface area contributed by atoms with Gasteiger partial charge in [0.15, 0.2) is 5.78 Å². The van der Waals surface area contributed by atoms with Crippen LogP contribution in [0.4, 0.5) is 0 Å². The first kappa shape index (κ1) is 13.0. The molecule has 1 aromatic rings. The zero-order chi connectivity index (χ0) is 13.8. The zero-order valence-corrected chi connectivity index (χ0v) is 12.7. The molecule has 0 aromatic carbocycles. The van der Waals surface area contributed by atoms with E-state index in [1.54, 1.807) is 0 Å². The topological polar surface area (TPSA) is 22.0 Å². The first-order valence-electron chi connectivity index (χ1n) is 7.52. The van der Waals surface area contributed by atoms with Crippen molar-refractivity contribution in [1.82, 2.24) is 4.57 Å². The highest BCUT2D eigenvalue weighted by molar-refractivity contribution is 5.99. The van der Waals surface area contributed by atoms with Gasteiger partial charge in [-0.1, -0.05) is 27.2 Å². The van der Waals surface area contributed by atoms with Crippen LogP contribution in [0.1, 0.15) is 68.2 Å². The van der Waals surface area contributed by atoms with E-state index in [2.05, 4.69) is 38.3 Å². The van der Waals surface area contributed by atoms with Crippen LogP contribution in [0.25, 0.3) is 0 Å². The SMILES string of the molecule is Cc1cc2c(n1CC1(C)CCC1)CC(C)(C)CC2=O. The highest BCUT2D eigenvalue weighted by Crippen LogP contribution is 2.44. The smallest absolute Gasteiger partial charge is 0.165 e. The maximum absolute atomic E-state index is 12.3. The summed E-state index contributed by atoms with van der Waals surface area (Å²) in [5.74, 6) is 0.340. The van der Waals surface area contributed by atoms with Gasteiger partial charge in [-0.3, -0.25) is 4.79 Å². The molecule has 1 fully saturated rings. The van der Waals surface area contributed by atoms with Gasteiger partial charge in [-0.15, -0.1) is 0 Å². The van der Waals surface area contributed by atoms with E-state index in [-0.39, 0.29) is 5.41 Å². The largest absolute Gasteiger partial charge is 0.348 e. The summed E-state index contributed by atoms with van der Waals surface area (Å²) in [5, 5.41) is 0. The first-order chi connectivity index (χ1) is 8.80. The van der Waals surface area contributed by atoms with Crippen LogP contribution >= 0.6 is 0 Å². The van der Waals surface area contributed by atoms with Crippen LogP contribution in [0, 0.1) is 17.8 Å². The van der Waals surface area contributed by atoms with Crippen molar-refractivity contribution < 1.29 is 4.79 Å². The third kappa shape index (κ3) is 2.15. The lowest BCUT2D eigenvalue weighted by Gasteiger charge is -2.40. The van der Waals surface area contributed by atoms with E-state index in [1.807, 2.05) is 0 Å². The second-order valence-corrected chi connectivity index (χ2v) is 7.84. The van der Waals surface area contributed by atoms with Gasteiger partial charge in [-0.05, 0) is 43.1 Å². The fraction of sp³-hybridized carbons (Fsp3) is 0.706. The molecule has 0 saturated heterocycles. The van der Waals surface area contributed by atoms with Gasteiger partial charge in [0.1, 0.15) is 0 Å². The minimum absolute atomic E-state index is 0.118. The molecule has 0 radical (unpaired) electrons. The van der Waals surface area contributed by atoms with Crippen LogP contribution in [-0.4, -0.2) is 10.4 Å². The van der Waals surface area contributed by atoms with Crippen LogP contribution in [0.2, 0.25) is 0 Å². The summed E-state index contributed by atoms with van der Waals surface area (Å²) in [4.78, 5) is 12.3. The Labute approximate surface area is 116 Å². The Bertz CT molecular complexity index is 532. The van der Waals surface area contributed by atoms with Crippen LogP contribution in [0.3, 0.4) is 0 Å². The summed E-state index contributed by atoms with van der Waals surface area (Å²) < 4.78 is 2.44. The number of carbonyl (C=O) groups is 1. The normalized spacial score (nSPS) is 23.9. The van der Waals surface area contributed by atoms with Crippen molar-refractivity contribution in [3.63, 3.8) is 0 Å². The van der Waals surface area contributed by atoms with Crippen molar-refractivity contribution in [3.8, 4) is 0 Å². The summed E-state index contributed by atoms with van der Waals surface area (Å²) in [6.45, 7) is 10.1. The molecule has 3 rings (SSSR count). The Morgan fingerprint density at radius 3 is 2.47 bits per heavy atom. The van der Waals surface area contributed by atoms with Crippen molar-refractivity contribution in [3.05, 3.63) is 23.0 Å². The highest BCUT2D eigenvalue weighted by Gasteiger charge is 2.37. The molecule has 19 heavy (non-hydrogen) atoms. The fourth-order valence-corrected chi connectivity index (χ4v) is 3.75. The molecule has 0 aliphatic heterocycles. The number of rotatable bonds is 2.